The SMILES string of the molecule is Cc1cc(NC(=O)c2cccnc2Sc2ccccc2)no1. The quantitative estimate of drug-likeness (QED) is 0.794. The molecule has 5 nitrogen and oxygen atoms in total. The lowest BCUT2D eigenvalue weighted by molar-refractivity contribution is 0.102. The number of nitrogens with zero attached hydrogens (tertiary/aromatic N) is 2. The van der Waals surface area contributed by atoms with Gasteiger partial charge in [0.25, 0.3) is 5.91 Å². The summed E-state index contributed by atoms with van der Waals surface area (Å²) in [4.78, 5) is 17.7. The molecule has 0 spiro atoms. The number of carbonyl (C=O) groups is 1. The lowest BCUT2D eigenvalue weighted by Crippen LogP contribution is -2.13. The molecule has 2 aromatic heterocycles. The van der Waals surface area contributed by atoms with Crippen molar-refractivity contribution in [3.8, 4) is 0 Å². The zero-order valence-corrected chi connectivity index (χ0v) is 12.6. The van der Waals surface area contributed by atoms with E-state index in [1.165, 1.54) is 11.8 Å². The second-order valence-electron chi connectivity index (χ2n) is 4.55. The molecular formula is C16H13N3O2S. The van der Waals surface area contributed by atoms with Crippen molar-refractivity contribution in [2.45, 2.75) is 16.8 Å². The molecule has 0 saturated carbocycles. The summed E-state index contributed by atoms with van der Waals surface area (Å²) in [6, 6.07) is 14.9. The Morgan fingerprint density at radius 2 is 2.00 bits per heavy atom. The molecule has 1 aromatic carbocycles. The summed E-state index contributed by atoms with van der Waals surface area (Å²) in [6.45, 7) is 1.77. The molecule has 110 valence electrons. The first-order chi connectivity index (χ1) is 10.7. The molecule has 0 fully saturated rings. The minimum Gasteiger partial charge on any atom is -0.360 e. The van der Waals surface area contributed by atoms with Crippen molar-refractivity contribution in [1.82, 2.24) is 10.1 Å². The minimum atomic E-state index is -0.264. The Labute approximate surface area is 131 Å². The van der Waals surface area contributed by atoms with Crippen LogP contribution in [0.1, 0.15) is 16.1 Å². The molecule has 3 rings (SSSR count). The van der Waals surface area contributed by atoms with Crippen molar-refractivity contribution in [1.29, 1.82) is 0 Å². The van der Waals surface area contributed by atoms with Gasteiger partial charge in [0.2, 0.25) is 0 Å². The van der Waals surface area contributed by atoms with Gasteiger partial charge in [0, 0.05) is 17.2 Å². The monoisotopic (exact) mass is 311 g/mol. The normalized spacial score (nSPS) is 10.4. The highest BCUT2D eigenvalue weighted by molar-refractivity contribution is 7.99. The molecule has 0 atom stereocenters. The van der Waals surface area contributed by atoms with Crippen molar-refractivity contribution in [2.24, 2.45) is 0 Å². The third-order valence-electron chi connectivity index (χ3n) is 2.84. The summed E-state index contributed by atoms with van der Waals surface area (Å²) in [5.41, 5.74) is 0.497. The molecule has 1 N–H and O–H groups in total. The smallest absolute Gasteiger partial charge is 0.259 e. The molecule has 0 aliphatic carbocycles. The summed E-state index contributed by atoms with van der Waals surface area (Å²) in [6.07, 6.45) is 1.67. The first-order valence-electron chi connectivity index (χ1n) is 6.65. The average molecular weight is 311 g/mol. The van der Waals surface area contributed by atoms with Gasteiger partial charge >= 0.3 is 0 Å². The standard InChI is InChI=1S/C16H13N3O2S/c1-11-10-14(19-21-11)18-15(20)13-8-5-9-17-16(13)22-12-6-3-2-4-7-12/h2-10H,1H3,(H,18,19,20). The lowest BCUT2D eigenvalue weighted by atomic mass is 10.2. The lowest BCUT2D eigenvalue weighted by Gasteiger charge is -2.07. The van der Waals surface area contributed by atoms with E-state index in [9.17, 15) is 4.79 Å². The van der Waals surface area contributed by atoms with E-state index in [4.69, 9.17) is 4.52 Å². The second kappa shape index (κ2) is 6.44. The van der Waals surface area contributed by atoms with Gasteiger partial charge in [0.1, 0.15) is 10.8 Å². The van der Waals surface area contributed by atoms with Crippen LogP contribution in [0.2, 0.25) is 0 Å². The number of carbonyl (C=O) groups excluding carboxylic acids is 1. The number of anilines is 1. The second-order valence-corrected chi connectivity index (χ2v) is 5.61. The number of nitrogens with one attached hydrogen (secondary N) is 1. The maximum absolute atomic E-state index is 12.4. The van der Waals surface area contributed by atoms with Crippen molar-refractivity contribution in [3.05, 3.63) is 66.1 Å². The van der Waals surface area contributed by atoms with E-state index < -0.39 is 0 Å². The highest BCUT2D eigenvalue weighted by Gasteiger charge is 2.15. The Morgan fingerprint density at radius 1 is 1.18 bits per heavy atom. The number of benzene rings is 1. The van der Waals surface area contributed by atoms with Crippen molar-refractivity contribution in [3.63, 3.8) is 0 Å². The number of hydrogen-bond donors (Lipinski definition) is 1. The van der Waals surface area contributed by atoms with Crippen LogP contribution in [0.15, 0.2) is 69.2 Å². The van der Waals surface area contributed by atoms with Crippen LogP contribution in [-0.4, -0.2) is 16.0 Å². The molecule has 0 unspecified atom stereocenters. The minimum absolute atomic E-state index is 0.264. The molecule has 22 heavy (non-hydrogen) atoms. The predicted molar refractivity (Wildman–Crippen MR) is 84.0 cm³/mol. The maximum Gasteiger partial charge on any atom is 0.259 e. The van der Waals surface area contributed by atoms with Crippen LogP contribution in [-0.2, 0) is 0 Å². The number of pyridine rings is 1. The number of aryl methyl sites for hydroxylation is 1. The van der Waals surface area contributed by atoms with E-state index >= 15 is 0 Å². The summed E-state index contributed by atoms with van der Waals surface area (Å²) >= 11 is 1.44. The van der Waals surface area contributed by atoms with Gasteiger partial charge in [-0.1, -0.05) is 35.1 Å². The van der Waals surface area contributed by atoms with Gasteiger partial charge in [-0.2, -0.15) is 0 Å². The van der Waals surface area contributed by atoms with Crippen LogP contribution in [0.4, 0.5) is 5.82 Å². The average Bonchev–Trinajstić information content (AvgIpc) is 2.94. The Kier molecular flexibility index (Phi) is 4.20. The topological polar surface area (TPSA) is 68.0 Å². The molecule has 0 saturated heterocycles. The van der Waals surface area contributed by atoms with Crippen LogP contribution in [0, 0.1) is 6.92 Å². The van der Waals surface area contributed by atoms with E-state index in [-0.39, 0.29) is 5.91 Å². The number of hydrogen-bond acceptors (Lipinski definition) is 5. The van der Waals surface area contributed by atoms with Crippen LogP contribution >= 0.6 is 11.8 Å². The summed E-state index contributed by atoms with van der Waals surface area (Å²) in [5, 5.41) is 7.11. The van der Waals surface area contributed by atoms with Crippen LogP contribution in [0.3, 0.4) is 0 Å². The molecule has 6 heteroatoms. The molecule has 0 aliphatic heterocycles. The van der Waals surface area contributed by atoms with Crippen LogP contribution < -0.4 is 5.32 Å². The zero-order valence-electron chi connectivity index (χ0n) is 11.8. The molecule has 0 aliphatic rings. The van der Waals surface area contributed by atoms with Gasteiger partial charge in [-0.25, -0.2) is 4.98 Å². The molecule has 0 bridgehead atoms. The van der Waals surface area contributed by atoms with Crippen LogP contribution in [0.25, 0.3) is 0 Å². The molecular weight excluding hydrogens is 298 g/mol. The number of amides is 1. The molecule has 0 radical (unpaired) electrons. The van der Waals surface area contributed by atoms with Crippen molar-refractivity contribution < 1.29 is 9.32 Å². The van der Waals surface area contributed by atoms with Crippen LogP contribution in [0.5, 0.6) is 0 Å². The van der Waals surface area contributed by atoms with E-state index in [2.05, 4.69) is 15.5 Å². The summed E-state index contributed by atoms with van der Waals surface area (Å²) in [7, 11) is 0. The van der Waals surface area contributed by atoms with Gasteiger partial charge in [-0.3, -0.25) is 4.79 Å². The van der Waals surface area contributed by atoms with Gasteiger partial charge in [0.05, 0.1) is 5.56 Å². The van der Waals surface area contributed by atoms with Gasteiger partial charge in [0.15, 0.2) is 5.82 Å². The van der Waals surface area contributed by atoms with Crippen molar-refractivity contribution in [2.75, 3.05) is 5.32 Å². The first kappa shape index (κ1) is 14.3. The molecule has 2 heterocycles. The number of aromatic nitrogens is 2. The van der Waals surface area contributed by atoms with E-state index in [0.29, 0.717) is 22.2 Å². The Hall–Kier alpha value is -2.60. The number of rotatable bonds is 4. The Balaban J connectivity index is 1.83. The highest BCUT2D eigenvalue weighted by atomic mass is 32.2. The summed E-state index contributed by atoms with van der Waals surface area (Å²) in [5.74, 6) is 0.766. The fraction of sp³-hybridized carbons (Fsp3) is 0.0625. The van der Waals surface area contributed by atoms with E-state index in [1.807, 2.05) is 30.3 Å². The maximum atomic E-state index is 12.4. The zero-order chi connectivity index (χ0) is 15.4. The predicted octanol–water partition coefficient (Wildman–Crippen LogP) is 3.78. The summed E-state index contributed by atoms with van der Waals surface area (Å²) < 4.78 is 4.94. The van der Waals surface area contributed by atoms with Crippen molar-refractivity contribution >= 4 is 23.5 Å². The Bertz CT molecular complexity index is 787. The highest BCUT2D eigenvalue weighted by Crippen LogP contribution is 2.28. The fourth-order valence-electron chi connectivity index (χ4n) is 1.85. The first-order valence-corrected chi connectivity index (χ1v) is 7.46. The molecule has 3 aromatic rings. The Morgan fingerprint density at radius 3 is 2.73 bits per heavy atom. The third-order valence-corrected chi connectivity index (χ3v) is 3.87. The molecule has 1 amide bonds. The largest absolute Gasteiger partial charge is 0.360 e. The third kappa shape index (κ3) is 3.35. The van der Waals surface area contributed by atoms with E-state index in [0.717, 1.165) is 4.90 Å². The van der Waals surface area contributed by atoms with Gasteiger partial charge < -0.3 is 9.84 Å². The van der Waals surface area contributed by atoms with Gasteiger partial charge in [-0.05, 0) is 31.2 Å². The van der Waals surface area contributed by atoms with Gasteiger partial charge in [-0.15, -0.1) is 0 Å². The van der Waals surface area contributed by atoms with E-state index in [1.54, 1.807) is 31.3 Å². The fourth-order valence-corrected chi connectivity index (χ4v) is 2.75.